The van der Waals surface area contributed by atoms with Crippen LogP contribution in [0.3, 0.4) is 0 Å². The molecule has 60 heavy (non-hydrogen) atoms. The first-order valence-electron chi connectivity index (χ1n) is 21.7. The van der Waals surface area contributed by atoms with Crippen molar-refractivity contribution in [1.29, 1.82) is 0 Å². The summed E-state index contributed by atoms with van der Waals surface area (Å²) in [5.41, 5.74) is 10.9. The molecule has 320 valence electrons. The zero-order valence-corrected chi connectivity index (χ0v) is 36.8. The predicted octanol–water partition coefficient (Wildman–Crippen LogP) is 10.5. The Bertz CT molecular complexity index is 1850. The molecule has 5 aliphatic rings. The van der Waals surface area contributed by atoms with Gasteiger partial charge in [-0.2, -0.15) is 25.3 Å². The minimum absolute atomic E-state index is 0.0375. The highest BCUT2D eigenvalue weighted by molar-refractivity contribution is 7.79. The lowest BCUT2D eigenvalue weighted by atomic mass is 9.74. The van der Waals surface area contributed by atoms with Gasteiger partial charge in [0.1, 0.15) is 46.0 Å². The van der Waals surface area contributed by atoms with Crippen molar-refractivity contribution in [2.45, 2.75) is 127 Å². The fourth-order valence-electron chi connectivity index (χ4n) is 10.7. The third-order valence-electron chi connectivity index (χ3n) is 13.1. The van der Waals surface area contributed by atoms with Crippen LogP contribution in [-0.2, 0) is 24.7 Å². The van der Waals surface area contributed by atoms with Gasteiger partial charge in [0.25, 0.3) is 0 Å². The van der Waals surface area contributed by atoms with Crippen LogP contribution in [0, 0.1) is 0 Å². The normalized spacial score (nSPS) is 20.3. The summed E-state index contributed by atoms with van der Waals surface area (Å²) in [6.45, 7) is 7.78. The maximum Gasteiger partial charge on any atom is 0.230 e. The molecule has 9 rings (SSSR count). The monoisotopic (exact) mass is 856 g/mol. The van der Waals surface area contributed by atoms with Gasteiger partial charge in [0.05, 0.1) is 24.3 Å². The topological polar surface area (TPSA) is 114 Å². The standard InChI is InChI=1S/C48H56O10S2/c1-5-9-25-29-13-31-26(10-6-2)33-15-35-28(12-8-4)36-16-34-27(11-7-3)32-14-30(25)42-38(18-50)44(32)54-23-56-46(34)40(20-60)48(36)58-24-57-47(35)39(19-59)45(33)55-22-53-43(31)37(17-49)41(29)51-21-52-42/h13-16,25-28,49-50,59-60H,5-12,17-24H2,1-4H3. The predicted molar refractivity (Wildman–Crippen MR) is 234 cm³/mol. The van der Waals surface area contributed by atoms with Gasteiger partial charge in [-0.25, -0.2) is 0 Å². The molecule has 0 saturated carbocycles. The molecule has 0 saturated heterocycles. The summed E-state index contributed by atoms with van der Waals surface area (Å²) in [4.78, 5) is 0. The zero-order chi connectivity index (χ0) is 41.7. The largest absolute Gasteiger partial charge is 0.457 e. The van der Waals surface area contributed by atoms with E-state index in [1.807, 2.05) is 0 Å². The molecule has 4 aliphatic heterocycles. The molecule has 10 nitrogen and oxygen atoms in total. The summed E-state index contributed by atoms with van der Waals surface area (Å²) in [6.07, 6.45) is 6.64. The van der Waals surface area contributed by atoms with E-state index in [-0.39, 0.29) is 64.1 Å². The molecule has 1 aliphatic carbocycles. The highest BCUT2D eigenvalue weighted by Crippen LogP contribution is 2.58. The van der Waals surface area contributed by atoms with Crippen molar-refractivity contribution < 1.29 is 48.1 Å². The van der Waals surface area contributed by atoms with Crippen LogP contribution < -0.4 is 37.9 Å². The van der Waals surface area contributed by atoms with E-state index in [2.05, 4.69) is 52.0 Å². The Hall–Kier alpha value is -4.10. The van der Waals surface area contributed by atoms with Gasteiger partial charge in [-0.15, -0.1) is 0 Å². The molecule has 0 spiro atoms. The zero-order valence-electron chi connectivity index (χ0n) is 35.0. The first kappa shape index (κ1) is 41.3. The van der Waals surface area contributed by atoms with Crippen LogP contribution in [0.1, 0.15) is 169 Å². The van der Waals surface area contributed by atoms with Crippen molar-refractivity contribution in [3.05, 3.63) is 91.0 Å². The van der Waals surface area contributed by atoms with Crippen LogP contribution in [0.5, 0.6) is 46.0 Å². The van der Waals surface area contributed by atoms with Crippen LogP contribution in [0.15, 0.2) is 24.3 Å². The van der Waals surface area contributed by atoms with Gasteiger partial charge in [0.2, 0.25) is 27.2 Å². The summed E-state index contributed by atoms with van der Waals surface area (Å²) in [5.74, 6) is 5.10. The summed E-state index contributed by atoms with van der Waals surface area (Å²) in [5, 5.41) is 22.6. The van der Waals surface area contributed by atoms with Gasteiger partial charge in [-0.05, 0) is 49.9 Å². The third kappa shape index (κ3) is 6.54. The lowest BCUT2D eigenvalue weighted by Gasteiger charge is -2.37. The van der Waals surface area contributed by atoms with Crippen molar-refractivity contribution in [3.8, 4) is 46.0 Å². The number of rotatable bonds is 12. The van der Waals surface area contributed by atoms with E-state index < -0.39 is 0 Å². The number of benzene rings is 4. The quantitative estimate of drug-likeness (QED) is 0.103. The average Bonchev–Trinajstić information content (AvgIpc) is 3.24. The molecule has 8 bridgehead atoms. The molecular formula is C48H56O10S2. The van der Waals surface area contributed by atoms with Crippen LogP contribution in [0.25, 0.3) is 0 Å². The fourth-order valence-corrected chi connectivity index (χ4v) is 11.2. The highest BCUT2D eigenvalue weighted by Gasteiger charge is 2.41. The molecule has 4 aromatic rings. The smallest absolute Gasteiger partial charge is 0.230 e. The van der Waals surface area contributed by atoms with Gasteiger partial charge < -0.3 is 48.1 Å². The molecule has 2 unspecified atom stereocenters. The minimum atomic E-state index is -0.312. The number of aliphatic hydroxyl groups is 2. The van der Waals surface area contributed by atoms with Crippen molar-refractivity contribution in [1.82, 2.24) is 0 Å². The number of hydrogen-bond donors (Lipinski definition) is 4. The Balaban J connectivity index is 1.50. The summed E-state index contributed by atoms with van der Waals surface area (Å²) in [6, 6.07) is 9.14. The number of thiol groups is 2. The van der Waals surface area contributed by atoms with E-state index in [0.717, 1.165) is 119 Å². The molecule has 0 aromatic heterocycles. The van der Waals surface area contributed by atoms with Gasteiger partial charge in [0, 0.05) is 90.8 Å². The molecule has 4 aromatic carbocycles. The Morgan fingerprint density at radius 2 is 0.583 bits per heavy atom. The van der Waals surface area contributed by atoms with Crippen molar-refractivity contribution in [2.24, 2.45) is 0 Å². The summed E-state index contributed by atoms with van der Waals surface area (Å²) >= 11 is 9.90. The molecule has 2 atom stereocenters. The minimum Gasteiger partial charge on any atom is -0.457 e. The van der Waals surface area contributed by atoms with E-state index in [0.29, 0.717) is 57.1 Å². The average molecular weight is 857 g/mol. The first-order valence-corrected chi connectivity index (χ1v) is 23.0. The molecule has 4 heterocycles. The van der Waals surface area contributed by atoms with Crippen LogP contribution in [0.4, 0.5) is 0 Å². The van der Waals surface area contributed by atoms with Crippen molar-refractivity contribution in [3.63, 3.8) is 0 Å². The van der Waals surface area contributed by atoms with Crippen molar-refractivity contribution in [2.75, 3.05) is 27.2 Å². The second-order valence-electron chi connectivity index (χ2n) is 16.4. The molecule has 0 fully saturated rings. The molecule has 0 radical (unpaired) electrons. The van der Waals surface area contributed by atoms with Gasteiger partial charge >= 0.3 is 0 Å². The number of hydrogen-bond acceptors (Lipinski definition) is 12. The molecule has 2 N–H and O–H groups in total. The van der Waals surface area contributed by atoms with Gasteiger partial charge in [0.15, 0.2) is 0 Å². The Kier molecular flexibility index (Phi) is 11.9. The second kappa shape index (κ2) is 17.3. The van der Waals surface area contributed by atoms with E-state index in [1.54, 1.807) is 0 Å². The molecule has 0 amide bonds. The Morgan fingerprint density at radius 3 is 0.750 bits per heavy atom. The highest BCUT2D eigenvalue weighted by atomic mass is 32.1. The fraction of sp³-hybridized carbons (Fsp3) is 0.500. The SMILES string of the molecule is CCCC1c2cc3c4c(CO)c2OCOc2c1cc1c(c2CO)OCOc2c(cc5c(c2CS)OCOc2c(cc(c(c2CS)OCO4)C3CCC)C5CCC)C1CCC. The maximum atomic E-state index is 11.3. The molecular weight excluding hydrogens is 801 g/mol. The second-order valence-corrected chi connectivity index (χ2v) is 17.0. The maximum absolute atomic E-state index is 11.3. The van der Waals surface area contributed by atoms with Gasteiger partial charge in [-0.1, -0.05) is 53.4 Å². The van der Waals surface area contributed by atoms with Crippen molar-refractivity contribution >= 4 is 25.3 Å². The van der Waals surface area contributed by atoms with Crippen LogP contribution >= 0.6 is 25.3 Å². The van der Waals surface area contributed by atoms with Crippen LogP contribution in [0.2, 0.25) is 0 Å². The third-order valence-corrected chi connectivity index (χ3v) is 13.7. The molecule has 12 heteroatoms. The number of ether oxygens (including phenoxy) is 8. The van der Waals surface area contributed by atoms with Gasteiger partial charge in [-0.3, -0.25) is 0 Å². The lowest BCUT2D eigenvalue weighted by molar-refractivity contribution is 0.0913. The summed E-state index contributed by atoms with van der Waals surface area (Å²) in [7, 11) is 0. The van der Waals surface area contributed by atoms with Crippen LogP contribution in [-0.4, -0.2) is 37.4 Å². The summed E-state index contributed by atoms with van der Waals surface area (Å²) < 4.78 is 53.0. The lowest BCUT2D eigenvalue weighted by Crippen LogP contribution is -2.25. The first-order chi connectivity index (χ1) is 29.5. The van der Waals surface area contributed by atoms with E-state index in [4.69, 9.17) is 63.2 Å². The Labute approximate surface area is 363 Å². The van der Waals surface area contributed by atoms with E-state index in [9.17, 15) is 10.2 Å². The van der Waals surface area contributed by atoms with E-state index >= 15 is 0 Å². The Morgan fingerprint density at radius 1 is 0.383 bits per heavy atom. The van der Waals surface area contributed by atoms with E-state index in [1.165, 1.54) is 0 Å². The number of aliphatic hydroxyl groups excluding tert-OH is 2.